The van der Waals surface area contributed by atoms with E-state index in [1.54, 1.807) is 39.0 Å². The molecule has 15 heteroatoms. The number of alkyl carbamates (subject to hydrolysis) is 1. The summed E-state index contributed by atoms with van der Waals surface area (Å²) < 4.78 is 33.2. The molecule has 0 spiro atoms. The van der Waals surface area contributed by atoms with Crippen LogP contribution >= 0.6 is 12.4 Å². The van der Waals surface area contributed by atoms with Gasteiger partial charge in [0.15, 0.2) is 0 Å². The van der Waals surface area contributed by atoms with Gasteiger partial charge >= 0.3 is 6.09 Å². The lowest BCUT2D eigenvalue weighted by Gasteiger charge is -2.20. The number of nitrogens with zero attached hydrogens (tertiary/aromatic N) is 2. The second-order valence-corrected chi connectivity index (χ2v) is 13.3. The fourth-order valence-electron chi connectivity index (χ4n) is 6.09. The molecule has 0 radical (unpaired) electrons. The summed E-state index contributed by atoms with van der Waals surface area (Å²) in [5.74, 6) is -3.45. The summed E-state index contributed by atoms with van der Waals surface area (Å²) in [5, 5.41) is 2.99. The summed E-state index contributed by atoms with van der Waals surface area (Å²) in [5.41, 5.74) is 6.10. The maximum Gasteiger partial charge on any atom is 0.407 e. The second kappa shape index (κ2) is 15.8. The van der Waals surface area contributed by atoms with Gasteiger partial charge in [-0.2, -0.15) is 0 Å². The number of benzene rings is 2. The molecular weight excluding hydrogens is 674 g/mol. The topological polar surface area (TPSA) is 171 Å². The van der Waals surface area contributed by atoms with Crippen molar-refractivity contribution in [3.8, 4) is 0 Å². The molecule has 268 valence electrons. The Morgan fingerprint density at radius 2 is 1.28 bits per heavy atom. The van der Waals surface area contributed by atoms with Crippen molar-refractivity contribution in [2.45, 2.75) is 39.2 Å². The molecule has 5 N–H and O–H groups in total. The number of aromatic nitrogens is 2. The minimum atomic E-state index is -0.739. The fraction of sp³-hybridized carbons (Fsp3) is 0.400. The van der Waals surface area contributed by atoms with Crippen LogP contribution in [0.2, 0.25) is 0 Å². The lowest BCUT2D eigenvalue weighted by Crippen LogP contribution is -2.38. The molecule has 12 nitrogen and oxygen atoms in total. The van der Waals surface area contributed by atoms with E-state index in [2.05, 4.69) is 15.3 Å². The van der Waals surface area contributed by atoms with E-state index in [0.29, 0.717) is 56.7 Å². The van der Waals surface area contributed by atoms with Crippen LogP contribution in [0.5, 0.6) is 0 Å². The maximum absolute atomic E-state index is 14.1. The Morgan fingerprint density at radius 3 is 1.72 bits per heavy atom. The van der Waals surface area contributed by atoms with Crippen molar-refractivity contribution in [3.05, 3.63) is 71.6 Å². The number of nitrogens with two attached hydrogens (primary N) is 1. The molecule has 2 aliphatic rings. The van der Waals surface area contributed by atoms with Crippen molar-refractivity contribution >= 4 is 63.7 Å². The van der Waals surface area contributed by atoms with Gasteiger partial charge in [-0.15, -0.1) is 12.4 Å². The first-order chi connectivity index (χ1) is 23.3. The van der Waals surface area contributed by atoms with E-state index in [4.69, 9.17) is 10.5 Å². The molecule has 2 aliphatic heterocycles. The number of likely N-dealkylation sites (tertiary alicyclic amines) is 2. The minimum Gasteiger partial charge on any atom is -0.444 e. The third-order valence-corrected chi connectivity index (χ3v) is 8.60. The number of ketones is 2. The highest BCUT2D eigenvalue weighted by Crippen LogP contribution is 2.25. The Kier molecular flexibility index (Phi) is 12.0. The van der Waals surface area contributed by atoms with Crippen molar-refractivity contribution in [3.63, 3.8) is 0 Å². The number of halogens is 3. The Morgan fingerprint density at radius 1 is 0.820 bits per heavy atom. The van der Waals surface area contributed by atoms with Crippen LogP contribution in [0, 0.1) is 23.5 Å². The Hall–Kier alpha value is -4.82. The minimum absolute atomic E-state index is 0. The first kappa shape index (κ1) is 38.0. The molecule has 3 amide bonds. The molecule has 0 aliphatic carbocycles. The molecule has 2 aromatic heterocycles. The molecular formula is C35H41ClF2N6O6. The van der Waals surface area contributed by atoms with E-state index in [1.165, 1.54) is 40.4 Å². The van der Waals surface area contributed by atoms with Crippen LogP contribution in [-0.2, 0) is 14.3 Å². The smallest absolute Gasteiger partial charge is 0.407 e. The van der Waals surface area contributed by atoms with Crippen molar-refractivity contribution in [2.75, 3.05) is 39.3 Å². The zero-order chi connectivity index (χ0) is 35.5. The van der Waals surface area contributed by atoms with E-state index in [0.717, 1.165) is 6.42 Å². The zero-order valence-corrected chi connectivity index (χ0v) is 28.8. The predicted octanol–water partition coefficient (Wildman–Crippen LogP) is 4.58. The molecule has 2 atom stereocenters. The first-order valence-corrected chi connectivity index (χ1v) is 16.1. The third-order valence-electron chi connectivity index (χ3n) is 8.60. The van der Waals surface area contributed by atoms with E-state index in [-0.39, 0.29) is 46.1 Å². The first-order valence-electron chi connectivity index (χ1n) is 16.1. The lowest BCUT2D eigenvalue weighted by atomic mass is 10.1. The summed E-state index contributed by atoms with van der Waals surface area (Å²) in [6, 6.07) is 8.93. The lowest BCUT2D eigenvalue weighted by molar-refractivity contribution is -0.126. The Labute approximate surface area is 293 Å². The van der Waals surface area contributed by atoms with Crippen LogP contribution < -0.4 is 11.1 Å². The average Bonchev–Trinajstić information content (AvgIpc) is 3.88. The van der Waals surface area contributed by atoms with Gasteiger partial charge in [0.2, 0.25) is 0 Å². The highest BCUT2D eigenvalue weighted by molar-refractivity contribution is 6.45. The van der Waals surface area contributed by atoms with Crippen molar-refractivity contribution in [2.24, 2.45) is 17.6 Å². The normalized spacial score (nSPS) is 17.2. The van der Waals surface area contributed by atoms with E-state index >= 15 is 0 Å². The molecule has 6 rings (SSSR count). The number of hydrogen-bond acceptors (Lipinski definition) is 7. The number of carbonyl (C=O) groups excluding carboxylic acids is 5. The summed E-state index contributed by atoms with van der Waals surface area (Å²) in [6.07, 6.45) is 3.72. The summed E-state index contributed by atoms with van der Waals surface area (Å²) in [4.78, 5) is 70.2. The van der Waals surface area contributed by atoms with Gasteiger partial charge in [0.05, 0.1) is 11.1 Å². The fourth-order valence-corrected chi connectivity index (χ4v) is 6.09. The molecule has 0 bridgehead atoms. The molecule has 2 fully saturated rings. The molecule has 2 unspecified atom stereocenters. The third kappa shape index (κ3) is 8.48. The van der Waals surface area contributed by atoms with Crippen LogP contribution in [0.4, 0.5) is 13.6 Å². The van der Waals surface area contributed by atoms with Gasteiger partial charge in [-0.1, -0.05) is 12.1 Å². The Bertz CT molecular complexity index is 1900. The van der Waals surface area contributed by atoms with Gasteiger partial charge in [0, 0.05) is 66.9 Å². The number of aromatic amines is 2. The quantitative estimate of drug-likeness (QED) is 0.160. The number of amides is 3. The summed E-state index contributed by atoms with van der Waals surface area (Å²) in [6.45, 7) is 7.98. The number of carbonyl (C=O) groups is 5. The standard InChI is InChI=1S/C20H24FN3O4.C15H16FN3O2.ClH/c1-20(2,3)28-19(27)23-9-12-7-8-24(11-12)18(26)17(25)13-10-22-15-6-4-5-14(21)16(13)15;16-11-2-1-3-12-13(11)10(7-18-12)14(20)15(21)19-5-4-9(6-17)8-19;/h4-6,10,12,22H,7-9,11H2,1-3H3,(H,23,27);1-3,7,9,18H,4-6,8,17H2;1H. The van der Waals surface area contributed by atoms with Crippen molar-refractivity contribution in [1.29, 1.82) is 0 Å². The van der Waals surface area contributed by atoms with Crippen LogP contribution in [-0.4, -0.2) is 94.1 Å². The highest BCUT2D eigenvalue weighted by Gasteiger charge is 2.33. The summed E-state index contributed by atoms with van der Waals surface area (Å²) in [7, 11) is 0. The van der Waals surface area contributed by atoms with E-state index < -0.39 is 46.7 Å². The zero-order valence-electron chi connectivity index (χ0n) is 28.0. The number of hydrogen-bond donors (Lipinski definition) is 4. The number of ether oxygens (including phenoxy) is 1. The largest absolute Gasteiger partial charge is 0.444 e. The van der Waals surface area contributed by atoms with Crippen molar-refractivity contribution in [1.82, 2.24) is 25.1 Å². The van der Waals surface area contributed by atoms with Gasteiger partial charge in [-0.25, -0.2) is 13.6 Å². The number of H-pyrrole nitrogens is 2. The molecule has 2 saturated heterocycles. The average molecular weight is 715 g/mol. The monoisotopic (exact) mass is 714 g/mol. The van der Waals surface area contributed by atoms with E-state index in [1.807, 2.05) is 0 Å². The SMILES string of the molecule is CC(C)(C)OC(=O)NCC1CCN(C(=O)C(=O)c2c[nH]c3cccc(F)c23)C1.Cl.NCC1CCN(C(=O)C(=O)c2c[nH]c3cccc(F)c23)C1. The van der Waals surface area contributed by atoms with Gasteiger partial charge in [-0.3, -0.25) is 19.2 Å². The number of nitrogens with one attached hydrogen (secondary N) is 3. The van der Waals surface area contributed by atoms with Crippen molar-refractivity contribution < 1.29 is 37.5 Å². The molecule has 0 saturated carbocycles. The number of rotatable bonds is 7. The van der Waals surface area contributed by atoms with Gasteiger partial charge in [0.1, 0.15) is 17.2 Å². The maximum atomic E-state index is 14.1. The summed E-state index contributed by atoms with van der Waals surface area (Å²) >= 11 is 0. The second-order valence-electron chi connectivity index (χ2n) is 13.3. The van der Waals surface area contributed by atoms with Gasteiger partial charge in [-0.05, 0) is 76.3 Å². The number of Topliss-reactive ketones (excluding diaryl/α,β-unsaturated/α-hetero) is 2. The molecule has 50 heavy (non-hydrogen) atoms. The van der Waals surface area contributed by atoms with E-state index in [9.17, 15) is 32.8 Å². The highest BCUT2D eigenvalue weighted by atomic mass is 35.5. The Balaban J connectivity index is 0.000000229. The van der Waals surface area contributed by atoms with Gasteiger partial charge in [0.25, 0.3) is 23.4 Å². The molecule has 2 aromatic carbocycles. The number of fused-ring (bicyclic) bond motifs is 2. The van der Waals surface area contributed by atoms with Gasteiger partial charge < -0.3 is 35.6 Å². The van der Waals surface area contributed by atoms with Crippen LogP contribution in [0.25, 0.3) is 21.8 Å². The molecule has 4 aromatic rings. The van der Waals surface area contributed by atoms with Crippen LogP contribution in [0.15, 0.2) is 48.8 Å². The van der Waals surface area contributed by atoms with Crippen LogP contribution in [0.1, 0.15) is 54.3 Å². The van der Waals surface area contributed by atoms with Crippen LogP contribution in [0.3, 0.4) is 0 Å². The molecule has 4 heterocycles. The predicted molar refractivity (Wildman–Crippen MR) is 185 cm³/mol.